The zero-order valence-corrected chi connectivity index (χ0v) is 7.51. The number of aliphatic hydroxyl groups is 1. The Bertz CT molecular complexity index is 311. The van der Waals surface area contributed by atoms with Crippen LogP contribution in [-0.2, 0) is 0 Å². The summed E-state index contributed by atoms with van der Waals surface area (Å²) in [5.74, 6) is -3.82. The van der Waals surface area contributed by atoms with E-state index in [9.17, 15) is 26.3 Å². The van der Waals surface area contributed by atoms with E-state index >= 15 is 0 Å². The van der Waals surface area contributed by atoms with Gasteiger partial charge in [-0.15, -0.1) is 0 Å². The van der Waals surface area contributed by atoms with Gasteiger partial charge in [0.1, 0.15) is 6.10 Å². The van der Waals surface area contributed by atoms with Gasteiger partial charge in [0, 0.05) is 5.56 Å². The first-order valence-corrected chi connectivity index (χ1v) is 3.97. The molecule has 16 heavy (non-hydrogen) atoms. The highest BCUT2D eigenvalue weighted by Crippen LogP contribution is 2.46. The number of aliphatic hydroxyl groups excluding tert-OH is 1. The van der Waals surface area contributed by atoms with Crippen LogP contribution in [0.2, 0.25) is 0 Å². The summed E-state index contributed by atoms with van der Waals surface area (Å²) in [5, 5.41) is 9.04. The van der Waals surface area contributed by atoms with Gasteiger partial charge >= 0.3 is 12.4 Å². The van der Waals surface area contributed by atoms with Crippen LogP contribution in [0.25, 0.3) is 0 Å². The third kappa shape index (κ3) is 2.69. The van der Waals surface area contributed by atoms with Gasteiger partial charge in [0.2, 0.25) is 0 Å². The summed E-state index contributed by atoms with van der Waals surface area (Å²) in [6.45, 7) is 0. The van der Waals surface area contributed by atoms with Gasteiger partial charge in [-0.3, -0.25) is 0 Å². The van der Waals surface area contributed by atoms with E-state index in [0.29, 0.717) is 6.26 Å². The summed E-state index contributed by atoms with van der Waals surface area (Å²) in [7, 11) is 0. The average molecular weight is 248 g/mol. The molecule has 1 heterocycles. The van der Waals surface area contributed by atoms with E-state index in [1.54, 1.807) is 0 Å². The van der Waals surface area contributed by atoms with Gasteiger partial charge in [-0.25, -0.2) is 0 Å². The van der Waals surface area contributed by atoms with Crippen LogP contribution < -0.4 is 0 Å². The van der Waals surface area contributed by atoms with Crippen LogP contribution in [0, 0.1) is 5.92 Å². The van der Waals surface area contributed by atoms with E-state index in [1.807, 2.05) is 0 Å². The van der Waals surface area contributed by atoms with Gasteiger partial charge < -0.3 is 9.52 Å². The summed E-state index contributed by atoms with van der Waals surface area (Å²) < 4.78 is 77.2. The molecule has 1 N–H and O–H groups in total. The van der Waals surface area contributed by atoms with Crippen molar-refractivity contribution < 1.29 is 35.9 Å². The summed E-state index contributed by atoms with van der Waals surface area (Å²) in [5.41, 5.74) is -0.570. The lowest BCUT2D eigenvalue weighted by atomic mass is 9.96. The van der Waals surface area contributed by atoms with E-state index in [0.717, 1.165) is 12.3 Å². The number of hydrogen-bond donors (Lipinski definition) is 1. The number of hydrogen-bond acceptors (Lipinski definition) is 2. The molecule has 1 aromatic heterocycles. The largest absolute Gasteiger partial charge is 0.472 e. The summed E-state index contributed by atoms with van der Waals surface area (Å²) in [6, 6.07) is 0.842. The smallest absolute Gasteiger partial charge is 0.403 e. The molecule has 0 aromatic carbocycles. The van der Waals surface area contributed by atoms with Crippen LogP contribution in [0.1, 0.15) is 11.7 Å². The molecule has 1 aromatic rings. The predicted molar refractivity (Wildman–Crippen MR) is 39.3 cm³/mol. The minimum atomic E-state index is -5.57. The Morgan fingerprint density at radius 2 is 1.56 bits per heavy atom. The molecule has 0 aliphatic carbocycles. The lowest BCUT2D eigenvalue weighted by molar-refractivity contribution is -0.307. The van der Waals surface area contributed by atoms with Gasteiger partial charge in [-0.2, -0.15) is 26.3 Å². The standard InChI is InChI=1S/C8H6F6O2/c9-7(10,11)6(8(12,13)14)5(15)4-1-2-16-3-4/h1-3,5-6,15H. The number of alkyl halides is 6. The molecule has 0 saturated carbocycles. The van der Waals surface area contributed by atoms with Gasteiger partial charge in [0.15, 0.2) is 5.92 Å². The quantitative estimate of drug-likeness (QED) is 0.816. The third-order valence-corrected chi connectivity index (χ3v) is 1.91. The molecule has 0 aliphatic rings. The number of rotatable bonds is 2. The van der Waals surface area contributed by atoms with Crippen molar-refractivity contribution >= 4 is 0 Å². The molecule has 0 saturated heterocycles. The fraction of sp³-hybridized carbons (Fsp3) is 0.500. The van der Waals surface area contributed by atoms with Crippen molar-refractivity contribution in [1.82, 2.24) is 0 Å². The molecule has 0 bridgehead atoms. The normalized spacial score (nSPS) is 15.5. The second kappa shape index (κ2) is 4.00. The lowest BCUT2D eigenvalue weighted by Gasteiger charge is -2.26. The minimum absolute atomic E-state index is 0.570. The van der Waals surface area contributed by atoms with Gasteiger partial charge in [0.05, 0.1) is 12.5 Å². The van der Waals surface area contributed by atoms with Gasteiger partial charge in [0.25, 0.3) is 0 Å². The SMILES string of the molecule is OC(c1ccoc1)C(C(F)(F)F)C(F)(F)F. The second-order valence-corrected chi connectivity index (χ2v) is 3.06. The molecule has 8 heteroatoms. The van der Waals surface area contributed by atoms with Crippen LogP contribution in [0.3, 0.4) is 0 Å². The molecule has 0 radical (unpaired) electrons. The zero-order valence-electron chi connectivity index (χ0n) is 7.51. The maximum absolute atomic E-state index is 12.1. The zero-order chi connectivity index (χ0) is 12.6. The van der Waals surface area contributed by atoms with E-state index in [2.05, 4.69) is 4.42 Å². The van der Waals surface area contributed by atoms with Crippen molar-refractivity contribution in [3.8, 4) is 0 Å². The molecule has 0 aliphatic heterocycles. The molecule has 1 unspecified atom stereocenters. The molecule has 2 nitrogen and oxygen atoms in total. The topological polar surface area (TPSA) is 33.4 Å². The van der Waals surface area contributed by atoms with Crippen molar-refractivity contribution in [3.63, 3.8) is 0 Å². The van der Waals surface area contributed by atoms with Gasteiger partial charge in [-0.1, -0.05) is 0 Å². The maximum Gasteiger partial charge on any atom is 0.403 e. The minimum Gasteiger partial charge on any atom is -0.472 e. The highest BCUT2D eigenvalue weighted by atomic mass is 19.4. The second-order valence-electron chi connectivity index (χ2n) is 3.06. The summed E-state index contributed by atoms with van der Waals surface area (Å²) in [4.78, 5) is 0. The average Bonchev–Trinajstić information content (AvgIpc) is 2.48. The van der Waals surface area contributed by atoms with E-state index in [1.165, 1.54) is 0 Å². The van der Waals surface area contributed by atoms with E-state index in [-0.39, 0.29) is 0 Å². The van der Waals surface area contributed by atoms with Gasteiger partial charge in [-0.05, 0) is 6.07 Å². The molecule has 1 rings (SSSR count). The van der Waals surface area contributed by atoms with Crippen molar-refractivity contribution in [3.05, 3.63) is 24.2 Å². The highest BCUT2D eigenvalue weighted by Gasteiger charge is 2.60. The fourth-order valence-corrected chi connectivity index (χ4v) is 1.18. The van der Waals surface area contributed by atoms with Crippen LogP contribution in [0.5, 0.6) is 0 Å². The third-order valence-electron chi connectivity index (χ3n) is 1.91. The van der Waals surface area contributed by atoms with Crippen molar-refractivity contribution in [2.24, 2.45) is 5.92 Å². The molecule has 92 valence electrons. The Kier molecular flexibility index (Phi) is 3.22. The Hall–Kier alpha value is -1.18. The summed E-state index contributed by atoms with van der Waals surface area (Å²) in [6.07, 6.45) is -12.4. The molecule has 0 amide bonds. The molecule has 0 spiro atoms. The Morgan fingerprint density at radius 1 is 1.06 bits per heavy atom. The van der Waals surface area contributed by atoms with Crippen LogP contribution in [0.4, 0.5) is 26.3 Å². The Balaban J connectivity index is 3.04. The lowest BCUT2D eigenvalue weighted by Crippen LogP contribution is -2.40. The fourth-order valence-electron chi connectivity index (χ4n) is 1.18. The first kappa shape index (κ1) is 12.9. The first-order chi connectivity index (χ1) is 7.14. The number of halogens is 6. The van der Waals surface area contributed by atoms with Crippen molar-refractivity contribution in [2.75, 3.05) is 0 Å². The molecular weight excluding hydrogens is 242 g/mol. The highest BCUT2D eigenvalue weighted by molar-refractivity contribution is 5.12. The predicted octanol–water partition coefficient (Wildman–Crippen LogP) is 3.05. The molecular formula is C8H6F6O2. The molecule has 0 fully saturated rings. The Labute approximate surface area is 85.5 Å². The number of furan rings is 1. The summed E-state index contributed by atoms with van der Waals surface area (Å²) >= 11 is 0. The van der Waals surface area contributed by atoms with E-state index < -0.39 is 29.9 Å². The monoisotopic (exact) mass is 248 g/mol. The van der Waals surface area contributed by atoms with Crippen molar-refractivity contribution in [1.29, 1.82) is 0 Å². The van der Waals surface area contributed by atoms with Crippen LogP contribution in [-0.4, -0.2) is 17.5 Å². The first-order valence-electron chi connectivity index (χ1n) is 3.97. The van der Waals surface area contributed by atoms with Crippen LogP contribution in [0.15, 0.2) is 23.0 Å². The molecule has 1 atom stereocenters. The maximum atomic E-state index is 12.1. The van der Waals surface area contributed by atoms with E-state index in [4.69, 9.17) is 5.11 Å². The van der Waals surface area contributed by atoms with Crippen LogP contribution >= 0.6 is 0 Å². The van der Waals surface area contributed by atoms with Crippen molar-refractivity contribution in [2.45, 2.75) is 18.5 Å². The Morgan fingerprint density at radius 3 is 1.88 bits per heavy atom.